The van der Waals surface area contributed by atoms with Crippen LogP contribution in [0.5, 0.6) is 0 Å². The van der Waals surface area contributed by atoms with Crippen LogP contribution in [0.1, 0.15) is 16.7 Å². The fraction of sp³-hybridized carbons (Fsp3) is 0.143. The van der Waals surface area contributed by atoms with E-state index in [0.717, 1.165) is 5.56 Å². The Labute approximate surface area is 120 Å². The molecule has 0 aliphatic heterocycles. The zero-order valence-corrected chi connectivity index (χ0v) is 11.7. The Bertz CT molecular complexity index is 729. The molecule has 3 nitrogen and oxygen atoms in total. The molecule has 0 fully saturated rings. The lowest BCUT2D eigenvalue weighted by atomic mass is 10.1. The summed E-state index contributed by atoms with van der Waals surface area (Å²) >= 11 is 11.8. The minimum Gasteiger partial charge on any atom is -0.310 e. The lowest BCUT2D eigenvalue weighted by Crippen LogP contribution is -2.23. The molecule has 1 heterocycles. The first-order chi connectivity index (χ1) is 9.02. The van der Waals surface area contributed by atoms with Crippen molar-refractivity contribution < 1.29 is 0 Å². The van der Waals surface area contributed by atoms with E-state index in [4.69, 9.17) is 28.5 Å². The molecule has 1 aromatic heterocycles. The van der Waals surface area contributed by atoms with Gasteiger partial charge in [-0.3, -0.25) is 4.79 Å². The van der Waals surface area contributed by atoms with Crippen molar-refractivity contribution in [2.24, 2.45) is 0 Å². The number of nitrogens with zero attached hydrogens (tertiary/aromatic N) is 2. The SMILES string of the molecule is Cc1ccn(Cc2ccc(Cl)c(Cl)c2)c(=O)c1C#N. The van der Waals surface area contributed by atoms with Crippen LogP contribution in [0, 0.1) is 18.3 Å². The largest absolute Gasteiger partial charge is 0.310 e. The monoisotopic (exact) mass is 292 g/mol. The van der Waals surface area contributed by atoms with Crippen LogP contribution in [0.15, 0.2) is 35.3 Å². The van der Waals surface area contributed by atoms with E-state index in [1.54, 1.807) is 37.4 Å². The van der Waals surface area contributed by atoms with Crippen molar-refractivity contribution >= 4 is 23.2 Å². The van der Waals surface area contributed by atoms with E-state index in [-0.39, 0.29) is 11.1 Å². The van der Waals surface area contributed by atoms with E-state index in [2.05, 4.69) is 0 Å². The molecule has 19 heavy (non-hydrogen) atoms. The van der Waals surface area contributed by atoms with Crippen LogP contribution in [-0.4, -0.2) is 4.57 Å². The molecule has 0 aliphatic carbocycles. The van der Waals surface area contributed by atoms with E-state index in [0.29, 0.717) is 22.2 Å². The summed E-state index contributed by atoms with van der Waals surface area (Å²) in [7, 11) is 0. The third kappa shape index (κ3) is 2.81. The van der Waals surface area contributed by atoms with E-state index >= 15 is 0 Å². The van der Waals surface area contributed by atoms with Crippen molar-refractivity contribution in [3.8, 4) is 6.07 Å². The van der Waals surface area contributed by atoms with Gasteiger partial charge in [-0.25, -0.2) is 0 Å². The molecular formula is C14H10Cl2N2O. The number of aromatic nitrogens is 1. The quantitative estimate of drug-likeness (QED) is 0.852. The fourth-order valence-corrected chi connectivity index (χ4v) is 2.08. The third-order valence-corrected chi connectivity index (χ3v) is 3.56. The summed E-state index contributed by atoms with van der Waals surface area (Å²) in [5, 5.41) is 9.88. The van der Waals surface area contributed by atoms with Crippen LogP contribution < -0.4 is 5.56 Å². The number of hydrogen-bond donors (Lipinski definition) is 0. The van der Waals surface area contributed by atoms with Crippen molar-refractivity contribution in [1.82, 2.24) is 4.57 Å². The summed E-state index contributed by atoms with van der Waals surface area (Å²) < 4.78 is 1.48. The van der Waals surface area contributed by atoms with Gasteiger partial charge in [-0.1, -0.05) is 29.3 Å². The molecule has 0 bridgehead atoms. The maximum absolute atomic E-state index is 12.1. The standard InChI is InChI=1S/C14H10Cl2N2O/c1-9-4-5-18(14(19)11(9)7-17)8-10-2-3-12(15)13(16)6-10/h2-6H,8H2,1H3. The van der Waals surface area contributed by atoms with Crippen molar-refractivity contribution in [3.05, 3.63) is 67.6 Å². The van der Waals surface area contributed by atoms with Gasteiger partial charge in [0.1, 0.15) is 11.6 Å². The summed E-state index contributed by atoms with van der Waals surface area (Å²) in [6.07, 6.45) is 1.67. The second-order valence-electron chi connectivity index (χ2n) is 4.17. The van der Waals surface area contributed by atoms with Gasteiger partial charge in [0.25, 0.3) is 5.56 Å². The van der Waals surface area contributed by atoms with E-state index in [9.17, 15) is 4.79 Å². The molecule has 0 radical (unpaired) electrons. The predicted octanol–water partition coefficient (Wildman–Crippen LogP) is 3.38. The summed E-state index contributed by atoms with van der Waals surface area (Å²) in [6, 6.07) is 8.87. The molecule has 5 heteroatoms. The summed E-state index contributed by atoms with van der Waals surface area (Å²) in [4.78, 5) is 12.1. The molecule has 0 saturated carbocycles. The minimum absolute atomic E-state index is 0.169. The minimum atomic E-state index is -0.298. The number of rotatable bonds is 2. The summed E-state index contributed by atoms with van der Waals surface area (Å²) in [6.45, 7) is 2.09. The van der Waals surface area contributed by atoms with Crippen LogP contribution in [0.2, 0.25) is 10.0 Å². The summed E-state index contributed by atoms with van der Waals surface area (Å²) in [5.74, 6) is 0. The van der Waals surface area contributed by atoms with Gasteiger partial charge in [0.05, 0.1) is 16.6 Å². The highest BCUT2D eigenvalue weighted by molar-refractivity contribution is 6.42. The highest BCUT2D eigenvalue weighted by Gasteiger charge is 2.07. The Morgan fingerprint density at radius 2 is 2.00 bits per heavy atom. The topological polar surface area (TPSA) is 45.8 Å². The highest BCUT2D eigenvalue weighted by atomic mass is 35.5. The van der Waals surface area contributed by atoms with Crippen LogP contribution >= 0.6 is 23.2 Å². The lowest BCUT2D eigenvalue weighted by Gasteiger charge is -2.08. The number of aryl methyl sites for hydroxylation is 1. The highest BCUT2D eigenvalue weighted by Crippen LogP contribution is 2.22. The van der Waals surface area contributed by atoms with Gasteiger partial charge in [-0.05, 0) is 36.2 Å². The molecule has 0 amide bonds. The fourth-order valence-electron chi connectivity index (χ4n) is 1.76. The van der Waals surface area contributed by atoms with E-state index in [1.807, 2.05) is 6.07 Å². The maximum Gasteiger partial charge on any atom is 0.269 e. The van der Waals surface area contributed by atoms with E-state index in [1.165, 1.54) is 4.57 Å². The number of halogens is 2. The first kappa shape index (κ1) is 13.7. The lowest BCUT2D eigenvalue weighted by molar-refractivity contribution is 0.754. The van der Waals surface area contributed by atoms with Crippen LogP contribution in [0.4, 0.5) is 0 Å². The first-order valence-electron chi connectivity index (χ1n) is 5.57. The molecule has 0 aliphatic rings. The van der Waals surface area contributed by atoms with Gasteiger partial charge < -0.3 is 4.57 Å². The predicted molar refractivity (Wildman–Crippen MR) is 75.7 cm³/mol. The zero-order chi connectivity index (χ0) is 14.0. The van der Waals surface area contributed by atoms with Gasteiger partial charge in [-0.2, -0.15) is 5.26 Å². The van der Waals surface area contributed by atoms with Crippen LogP contribution in [0.3, 0.4) is 0 Å². The van der Waals surface area contributed by atoms with Crippen molar-refractivity contribution in [2.45, 2.75) is 13.5 Å². The van der Waals surface area contributed by atoms with Crippen LogP contribution in [-0.2, 0) is 6.54 Å². The van der Waals surface area contributed by atoms with Crippen molar-refractivity contribution in [2.75, 3.05) is 0 Å². The van der Waals surface area contributed by atoms with Crippen LogP contribution in [0.25, 0.3) is 0 Å². The molecule has 96 valence electrons. The van der Waals surface area contributed by atoms with Gasteiger partial charge in [0, 0.05) is 6.20 Å². The molecule has 0 atom stereocenters. The Kier molecular flexibility index (Phi) is 3.94. The Morgan fingerprint density at radius 1 is 1.26 bits per heavy atom. The second kappa shape index (κ2) is 5.48. The number of nitriles is 1. The smallest absolute Gasteiger partial charge is 0.269 e. The molecule has 1 aromatic carbocycles. The van der Waals surface area contributed by atoms with Gasteiger partial charge >= 0.3 is 0 Å². The zero-order valence-electron chi connectivity index (χ0n) is 10.2. The molecule has 2 aromatic rings. The number of pyridine rings is 1. The number of hydrogen-bond acceptors (Lipinski definition) is 2. The normalized spacial score (nSPS) is 10.2. The van der Waals surface area contributed by atoms with Gasteiger partial charge in [0.2, 0.25) is 0 Å². The third-order valence-electron chi connectivity index (χ3n) is 2.82. The van der Waals surface area contributed by atoms with Gasteiger partial charge in [-0.15, -0.1) is 0 Å². The maximum atomic E-state index is 12.1. The Balaban J connectivity index is 2.42. The molecular weight excluding hydrogens is 283 g/mol. The first-order valence-corrected chi connectivity index (χ1v) is 6.32. The second-order valence-corrected chi connectivity index (χ2v) is 4.98. The molecule has 0 spiro atoms. The van der Waals surface area contributed by atoms with E-state index < -0.39 is 0 Å². The molecule has 0 unspecified atom stereocenters. The molecule has 2 rings (SSSR count). The number of benzene rings is 1. The summed E-state index contributed by atoms with van der Waals surface area (Å²) in [5.41, 5.74) is 1.40. The van der Waals surface area contributed by atoms with Crippen molar-refractivity contribution in [3.63, 3.8) is 0 Å². The van der Waals surface area contributed by atoms with Crippen molar-refractivity contribution in [1.29, 1.82) is 5.26 Å². The Morgan fingerprint density at radius 3 is 2.63 bits per heavy atom. The molecule has 0 saturated heterocycles. The average Bonchev–Trinajstić information content (AvgIpc) is 2.38. The average molecular weight is 293 g/mol. The van der Waals surface area contributed by atoms with Gasteiger partial charge in [0.15, 0.2) is 0 Å². The Hall–Kier alpha value is -1.76. The molecule has 0 N–H and O–H groups in total.